The van der Waals surface area contributed by atoms with E-state index in [2.05, 4.69) is 13.8 Å². The number of rotatable bonds is 0. The monoisotopic (exact) mass is 201 g/mol. The Hall–Kier alpha value is -0.240. The molecule has 0 amide bonds. The highest BCUT2D eigenvalue weighted by atomic mass is 35.5. The molecule has 1 aliphatic carbocycles. The lowest BCUT2D eigenvalue weighted by Crippen LogP contribution is -2.46. The third kappa shape index (κ3) is 1.04. The van der Waals surface area contributed by atoms with Crippen LogP contribution in [0.2, 0.25) is 0 Å². The first-order chi connectivity index (χ1) is 5.88. The second-order valence-corrected chi connectivity index (χ2v) is 5.60. The molecule has 2 aliphatic rings. The zero-order valence-corrected chi connectivity index (χ0v) is 9.19. The van der Waals surface area contributed by atoms with Crippen molar-refractivity contribution in [1.29, 1.82) is 0 Å². The standard InChI is InChI=1S/C10H16ClNO/c1-9(2)7-4-5-10(3,6-7)12(13)8(9)11/h7H,4-6H2,1-3H3/t7-,10+/m1/s1. The predicted octanol–water partition coefficient (Wildman–Crippen LogP) is 2.73. The van der Waals surface area contributed by atoms with Crippen molar-refractivity contribution in [3.63, 3.8) is 0 Å². The van der Waals surface area contributed by atoms with Gasteiger partial charge in [-0.25, -0.2) is 0 Å². The fraction of sp³-hybridized carbons (Fsp3) is 0.900. The van der Waals surface area contributed by atoms with Gasteiger partial charge in [0.1, 0.15) is 0 Å². The Kier molecular flexibility index (Phi) is 1.73. The minimum Gasteiger partial charge on any atom is -0.623 e. The number of hydroxylamine groups is 1. The maximum Gasteiger partial charge on any atom is 0.262 e. The highest BCUT2D eigenvalue weighted by Gasteiger charge is 2.56. The van der Waals surface area contributed by atoms with E-state index in [1.807, 2.05) is 6.92 Å². The molecule has 1 heterocycles. The van der Waals surface area contributed by atoms with Crippen LogP contribution in [0.25, 0.3) is 0 Å². The fourth-order valence-electron chi connectivity index (χ4n) is 2.69. The zero-order chi connectivity index (χ0) is 9.85. The van der Waals surface area contributed by atoms with Gasteiger partial charge >= 0.3 is 0 Å². The third-order valence-corrected chi connectivity index (χ3v) is 4.58. The van der Waals surface area contributed by atoms with E-state index in [0.29, 0.717) is 11.1 Å². The molecule has 1 aliphatic heterocycles. The van der Waals surface area contributed by atoms with Gasteiger partial charge in [0.15, 0.2) is 5.54 Å². The molecule has 0 aromatic heterocycles. The highest BCUT2D eigenvalue weighted by Crippen LogP contribution is 2.51. The third-order valence-electron chi connectivity index (χ3n) is 3.94. The molecule has 2 rings (SSSR count). The smallest absolute Gasteiger partial charge is 0.262 e. The van der Waals surface area contributed by atoms with Crippen LogP contribution in [0, 0.1) is 16.5 Å². The maximum atomic E-state index is 11.9. The fourth-order valence-corrected chi connectivity index (χ4v) is 3.05. The van der Waals surface area contributed by atoms with Crippen molar-refractivity contribution < 1.29 is 4.74 Å². The number of hydrogen-bond acceptors (Lipinski definition) is 1. The Morgan fingerprint density at radius 2 is 2.08 bits per heavy atom. The van der Waals surface area contributed by atoms with Crippen LogP contribution in [0.1, 0.15) is 40.0 Å². The lowest BCUT2D eigenvalue weighted by atomic mass is 9.75. The molecule has 1 fully saturated rings. The normalized spacial score (nSPS) is 42.6. The van der Waals surface area contributed by atoms with Crippen molar-refractivity contribution in [2.24, 2.45) is 11.3 Å². The molecule has 0 aromatic rings. The van der Waals surface area contributed by atoms with Crippen LogP contribution in [0.15, 0.2) is 0 Å². The Bertz CT molecular complexity index is 281. The summed E-state index contributed by atoms with van der Waals surface area (Å²) in [5, 5.41) is 12.4. The molecule has 2 bridgehead atoms. The summed E-state index contributed by atoms with van der Waals surface area (Å²) >= 11 is 6.11. The van der Waals surface area contributed by atoms with Crippen LogP contribution in [0.5, 0.6) is 0 Å². The van der Waals surface area contributed by atoms with Crippen molar-refractivity contribution in [3.05, 3.63) is 5.21 Å². The molecule has 0 N–H and O–H groups in total. The first-order valence-electron chi connectivity index (χ1n) is 4.88. The average Bonchev–Trinajstić information content (AvgIpc) is 2.43. The lowest BCUT2D eigenvalue weighted by molar-refractivity contribution is -0.550. The van der Waals surface area contributed by atoms with Crippen molar-refractivity contribution >= 4 is 16.8 Å². The molecule has 2 atom stereocenters. The summed E-state index contributed by atoms with van der Waals surface area (Å²) in [6.07, 6.45) is 3.12. The maximum absolute atomic E-state index is 11.9. The van der Waals surface area contributed by atoms with Crippen LogP contribution in [-0.2, 0) is 0 Å². The van der Waals surface area contributed by atoms with E-state index in [1.165, 1.54) is 0 Å². The Labute approximate surface area is 84.2 Å². The van der Waals surface area contributed by atoms with Crippen molar-refractivity contribution in [2.75, 3.05) is 0 Å². The minimum atomic E-state index is -0.211. The van der Waals surface area contributed by atoms with E-state index in [-0.39, 0.29) is 11.0 Å². The van der Waals surface area contributed by atoms with Crippen LogP contribution >= 0.6 is 11.6 Å². The van der Waals surface area contributed by atoms with E-state index >= 15 is 0 Å². The molecule has 2 nitrogen and oxygen atoms in total. The van der Waals surface area contributed by atoms with Crippen LogP contribution in [0.4, 0.5) is 0 Å². The number of nitrogens with zero attached hydrogens (tertiary/aromatic N) is 1. The van der Waals surface area contributed by atoms with Gasteiger partial charge in [-0.1, -0.05) is 0 Å². The number of fused-ring (bicyclic) bond motifs is 2. The van der Waals surface area contributed by atoms with E-state index in [9.17, 15) is 5.21 Å². The molecule has 0 aromatic carbocycles. The quantitative estimate of drug-likeness (QED) is 0.437. The summed E-state index contributed by atoms with van der Waals surface area (Å²) in [7, 11) is 0. The zero-order valence-electron chi connectivity index (χ0n) is 8.43. The second kappa shape index (κ2) is 2.41. The Morgan fingerprint density at radius 1 is 1.46 bits per heavy atom. The second-order valence-electron chi connectivity index (χ2n) is 5.24. The minimum absolute atomic E-state index is 0.112. The van der Waals surface area contributed by atoms with Crippen LogP contribution < -0.4 is 0 Å². The predicted molar refractivity (Wildman–Crippen MR) is 54.0 cm³/mol. The highest BCUT2D eigenvalue weighted by molar-refractivity contribution is 6.65. The molecule has 0 unspecified atom stereocenters. The van der Waals surface area contributed by atoms with Gasteiger partial charge in [0.25, 0.3) is 5.17 Å². The number of halogens is 1. The van der Waals surface area contributed by atoms with E-state index in [4.69, 9.17) is 11.6 Å². The molecule has 0 radical (unpaired) electrons. The molecule has 0 saturated heterocycles. The van der Waals surface area contributed by atoms with Gasteiger partial charge in [0.2, 0.25) is 0 Å². The van der Waals surface area contributed by atoms with Gasteiger partial charge in [0.05, 0.1) is 5.41 Å². The van der Waals surface area contributed by atoms with Crippen molar-refractivity contribution in [3.8, 4) is 0 Å². The summed E-state index contributed by atoms with van der Waals surface area (Å²) in [6.45, 7) is 6.18. The topological polar surface area (TPSA) is 26.1 Å². The average molecular weight is 202 g/mol. The Morgan fingerprint density at radius 3 is 2.69 bits per heavy atom. The van der Waals surface area contributed by atoms with E-state index in [1.54, 1.807) is 0 Å². The van der Waals surface area contributed by atoms with Crippen LogP contribution in [-0.4, -0.2) is 15.4 Å². The summed E-state index contributed by atoms with van der Waals surface area (Å²) in [5.74, 6) is 0.593. The van der Waals surface area contributed by atoms with Gasteiger partial charge in [-0.3, -0.25) is 0 Å². The summed E-state index contributed by atoms with van der Waals surface area (Å²) in [4.78, 5) is 0. The first kappa shape index (κ1) is 9.32. The van der Waals surface area contributed by atoms with Gasteiger partial charge < -0.3 is 5.21 Å². The molecule has 0 spiro atoms. The SMILES string of the molecule is CC1(C)C(Cl)=[N+]([O-])[C@@]2(C)CC[C@@H]1C2. The van der Waals surface area contributed by atoms with E-state index in [0.717, 1.165) is 24.0 Å². The Balaban J connectivity index is 2.52. The van der Waals surface area contributed by atoms with Gasteiger partial charge in [-0.05, 0) is 37.8 Å². The van der Waals surface area contributed by atoms with Crippen molar-refractivity contribution in [1.82, 2.24) is 0 Å². The molecule has 74 valence electrons. The molecule has 1 saturated carbocycles. The molecule has 13 heavy (non-hydrogen) atoms. The van der Waals surface area contributed by atoms with Crippen LogP contribution in [0.3, 0.4) is 0 Å². The summed E-state index contributed by atoms with van der Waals surface area (Å²) < 4.78 is 1.05. The van der Waals surface area contributed by atoms with Crippen molar-refractivity contribution in [2.45, 2.75) is 45.6 Å². The number of hydrogen-bond donors (Lipinski definition) is 0. The van der Waals surface area contributed by atoms with Gasteiger partial charge in [-0.15, -0.1) is 0 Å². The molecular weight excluding hydrogens is 186 g/mol. The van der Waals surface area contributed by atoms with Gasteiger partial charge in [-0.2, -0.15) is 4.74 Å². The first-order valence-corrected chi connectivity index (χ1v) is 5.26. The largest absolute Gasteiger partial charge is 0.623 e. The summed E-state index contributed by atoms with van der Waals surface area (Å²) in [6, 6.07) is 0. The summed E-state index contributed by atoms with van der Waals surface area (Å²) in [5.41, 5.74) is -0.323. The molecule has 3 heteroatoms. The molecular formula is C10H16ClNO. The van der Waals surface area contributed by atoms with E-state index < -0.39 is 0 Å². The lowest BCUT2D eigenvalue weighted by Gasteiger charge is -2.37. The van der Waals surface area contributed by atoms with Gasteiger partial charge in [0, 0.05) is 19.8 Å².